The molecule has 0 aliphatic heterocycles. The van der Waals surface area contributed by atoms with E-state index in [2.05, 4.69) is 10.9 Å². The average molecular weight is 332 g/mol. The quantitative estimate of drug-likeness (QED) is 0.708. The van der Waals surface area contributed by atoms with Gasteiger partial charge < -0.3 is 0 Å². The fourth-order valence-corrected chi connectivity index (χ4v) is 3.00. The molecule has 0 spiro atoms. The summed E-state index contributed by atoms with van der Waals surface area (Å²) >= 11 is 1.09. The maximum atomic E-state index is 13.6. The van der Waals surface area contributed by atoms with Gasteiger partial charge in [-0.05, 0) is 30.3 Å². The second kappa shape index (κ2) is 6.13. The van der Waals surface area contributed by atoms with Gasteiger partial charge in [-0.3, -0.25) is 20.4 Å². The molecule has 0 fully saturated rings. The normalized spacial score (nSPS) is 10.5. The second-order valence-corrected chi connectivity index (χ2v) is 5.73. The van der Waals surface area contributed by atoms with Crippen molar-refractivity contribution in [2.75, 3.05) is 0 Å². The van der Waals surface area contributed by atoms with Crippen LogP contribution < -0.4 is 10.9 Å². The van der Waals surface area contributed by atoms with Gasteiger partial charge in [0, 0.05) is 10.1 Å². The van der Waals surface area contributed by atoms with Gasteiger partial charge >= 0.3 is 0 Å². The van der Waals surface area contributed by atoms with Gasteiger partial charge in [0.15, 0.2) is 0 Å². The van der Waals surface area contributed by atoms with Gasteiger partial charge in [0.25, 0.3) is 11.8 Å². The molecule has 0 aliphatic carbocycles. The maximum Gasteiger partial charge on any atom is 0.279 e. The Morgan fingerprint density at radius 1 is 0.870 bits per heavy atom. The number of rotatable bonds is 2. The van der Waals surface area contributed by atoms with Gasteiger partial charge in [-0.2, -0.15) is 0 Å². The Bertz CT molecular complexity index is 908. The zero-order chi connectivity index (χ0) is 16.4. The Morgan fingerprint density at radius 3 is 2.30 bits per heavy atom. The zero-order valence-electron chi connectivity index (χ0n) is 11.6. The molecular weight excluding hydrogens is 322 g/mol. The monoisotopic (exact) mass is 332 g/mol. The Kier molecular flexibility index (Phi) is 4.03. The van der Waals surface area contributed by atoms with Crippen LogP contribution in [0.4, 0.5) is 8.78 Å². The van der Waals surface area contributed by atoms with E-state index in [-0.39, 0.29) is 10.4 Å². The molecule has 0 unspecified atom stereocenters. The third kappa shape index (κ3) is 3.04. The smallest absolute Gasteiger partial charge is 0.267 e. The topological polar surface area (TPSA) is 58.2 Å². The number of carbonyl (C=O) groups is 2. The Labute approximate surface area is 133 Å². The molecule has 3 rings (SSSR count). The number of amides is 2. The molecule has 2 aromatic carbocycles. The minimum atomic E-state index is -0.774. The van der Waals surface area contributed by atoms with E-state index in [1.807, 2.05) is 0 Å². The number of benzene rings is 2. The van der Waals surface area contributed by atoms with Crippen molar-refractivity contribution in [3.05, 3.63) is 70.6 Å². The number of hydrogen-bond acceptors (Lipinski definition) is 3. The van der Waals surface area contributed by atoms with Crippen LogP contribution in [0.25, 0.3) is 10.1 Å². The lowest BCUT2D eigenvalue weighted by Gasteiger charge is -2.06. The molecule has 23 heavy (non-hydrogen) atoms. The first-order valence-corrected chi connectivity index (χ1v) is 7.41. The summed E-state index contributed by atoms with van der Waals surface area (Å²) in [7, 11) is 0. The lowest BCUT2D eigenvalue weighted by molar-refractivity contribution is 0.0846. The first-order valence-electron chi connectivity index (χ1n) is 6.59. The molecule has 0 saturated heterocycles. The van der Waals surface area contributed by atoms with Gasteiger partial charge in [0.2, 0.25) is 0 Å². The summed E-state index contributed by atoms with van der Waals surface area (Å²) in [6.07, 6.45) is 0. The zero-order valence-corrected chi connectivity index (χ0v) is 12.4. The SMILES string of the molecule is O=C(NNC(=O)c1ccccc1F)c1cc2c(F)cccc2s1. The van der Waals surface area contributed by atoms with Crippen molar-refractivity contribution in [3.63, 3.8) is 0 Å². The molecule has 0 bridgehead atoms. The third-order valence-electron chi connectivity index (χ3n) is 3.14. The largest absolute Gasteiger partial charge is 0.279 e. The van der Waals surface area contributed by atoms with Gasteiger partial charge in [-0.15, -0.1) is 11.3 Å². The van der Waals surface area contributed by atoms with E-state index < -0.39 is 23.4 Å². The average Bonchev–Trinajstić information content (AvgIpc) is 2.98. The minimum absolute atomic E-state index is 0.185. The highest BCUT2D eigenvalue weighted by atomic mass is 32.1. The van der Waals surface area contributed by atoms with Crippen LogP contribution in [0, 0.1) is 11.6 Å². The summed E-state index contributed by atoms with van der Waals surface area (Å²) in [6.45, 7) is 0. The second-order valence-electron chi connectivity index (χ2n) is 4.65. The molecule has 7 heteroatoms. The van der Waals surface area contributed by atoms with E-state index in [9.17, 15) is 18.4 Å². The van der Waals surface area contributed by atoms with Crippen molar-refractivity contribution in [2.45, 2.75) is 0 Å². The number of hydrogen-bond donors (Lipinski definition) is 2. The Balaban J connectivity index is 1.73. The van der Waals surface area contributed by atoms with E-state index in [0.717, 1.165) is 17.4 Å². The van der Waals surface area contributed by atoms with Crippen LogP contribution in [-0.4, -0.2) is 11.8 Å². The Hall–Kier alpha value is -2.80. The lowest BCUT2D eigenvalue weighted by atomic mass is 10.2. The van der Waals surface area contributed by atoms with Crippen molar-refractivity contribution in [2.24, 2.45) is 0 Å². The highest BCUT2D eigenvalue weighted by molar-refractivity contribution is 7.20. The van der Waals surface area contributed by atoms with Crippen molar-refractivity contribution >= 4 is 33.2 Å². The van der Waals surface area contributed by atoms with Gasteiger partial charge in [0.1, 0.15) is 11.6 Å². The molecule has 2 amide bonds. The lowest BCUT2D eigenvalue weighted by Crippen LogP contribution is -2.41. The van der Waals surface area contributed by atoms with Crippen LogP contribution in [0.5, 0.6) is 0 Å². The number of halogens is 2. The van der Waals surface area contributed by atoms with Crippen LogP contribution in [0.1, 0.15) is 20.0 Å². The Morgan fingerprint density at radius 2 is 1.57 bits per heavy atom. The van der Waals surface area contributed by atoms with Crippen molar-refractivity contribution in [1.29, 1.82) is 0 Å². The first-order chi connectivity index (χ1) is 11.1. The predicted molar refractivity (Wildman–Crippen MR) is 83.1 cm³/mol. The highest BCUT2D eigenvalue weighted by Crippen LogP contribution is 2.27. The molecule has 0 atom stereocenters. The third-order valence-corrected chi connectivity index (χ3v) is 4.24. The molecule has 3 aromatic rings. The molecule has 0 aliphatic rings. The number of thiophene rings is 1. The predicted octanol–water partition coefficient (Wildman–Crippen LogP) is 3.25. The number of carbonyl (C=O) groups excluding carboxylic acids is 2. The fraction of sp³-hybridized carbons (Fsp3) is 0. The molecule has 1 heterocycles. The van der Waals surface area contributed by atoms with E-state index in [4.69, 9.17) is 0 Å². The fourth-order valence-electron chi connectivity index (χ4n) is 2.03. The van der Waals surface area contributed by atoms with Crippen LogP contribution in [0.2, 0.25) is 0 Å². The summed E-state index contributed by atoms with van der Waals surface area (Å²) in [5, 5.41) is 0.336. The summed E-state index contributed by atoms with van der Waals surface area (Å²) in [5.74, 6) is -2.49. The molecule has 0 radical (unpaired) electrons. The van der Waals surface area contributed by atoms with Gasteiger partial charge in [-0.25, -0.2) is 8.78 Å². The molecule has 2 N–H and O–H groups in total. The van der Waals surface area contributed by atoms with Crippen molar-refractivity contribution < 1.29 is 18.4 Å². The first kappa shape index (κ1) is 15.1. The van der Waals surface area contributed by atoms with Crippen LogP contribution in [0.3, 0.4) is 0 Å². The van der Waals surface area contributed by atoms with Gasteiger partial charge in [0.05, 0.1) is 10.4 Å². The van der Waals surface area contributed by atoms with Gasteiger partial charge in [-0.1, -0.05) is 18.2 Å². The minimum Gasteiger partial charge on any atom is -0.267 e. The number of fused-ring (bicyclic) bond motifs is 1. The van der Waals surface area contributed by atoms with Crippen LogP contribution in [0.15, 0.2) is 48.5 Å². The number of hydrazine groups is 1. The van der Waals surface area contributed by atoms with Crippen LogP contribution >= 0.6 is 11.3 Å². The summed E-state index contributed by atoms with van der Waals surface area (Å²) < 4.78 is 27.7. The van der Waals surface area contributed by atoms with E-state index in [1.165, 1.54) is 30.3 Å². The summed E-state index contributed by atoms with van der Waals surface area (Å²) in [5.41, 5.74) is 4.13. The molecular formula is C16H10F2N2O2S. The van der Waals surface area contributed by atoms with E-state index in [0.29, 0.717) is 10.1 Å². The van der Waals surface area contributed by atoms with E-state index in [1.54, 1.807) is 12.1 Å². The standard InChI is InChI=1S/C16H10F2N2O2S/c17-11-5-2-1-4-9(11)15(21)19-20-16(22)14-8-10-12(18)6-3-7-13(10)23-14/h1-8H,(H,19,21)(H,20,22). The summed E-state index contributed by atoms with van der Waals surface area (Å²) in [4.78, 5) is 24.1. The maximum absolute atomic E-state index is 13.6. The number of nitrogens with one attached hydrogen (secondary N) is 2. The summed E-state index contributed by atoms with van der Waals surface area (Å²) in [6, 6.07) is 11.4. The highest BCUT2D eigenvalue weighted by Gasteiger charge is 2.15. The molecule has 1 aromatic heterocycles. The van der Waals surface area contributed by atoms with Crippen LogP contribution in [-0.2, 0) is 0 Å². The van der Waals surface area contributed by atoms with E-state index >= 15 is 0 Å². The molecule has 116 valence electrons. The van der Waals surface area contributed by atoms with Crippen molar-refractivity contribution in [1.82, 2.24) is 10.9 Å². The molecule has 0 saturated carbocycles. The molecule has 4 nitrogen and oxygen atoms in total. The van der Waals surface area contributed by atoms with Crippen molar-refractivity contribution in [3.8, 4) is 0 Å².